The Morgan fingerprint density at radius 3 is 2.77 bits per heavy atom. The zero-order valence-electron chi connectivity index (χ0n) is 12.8. The molecule has 2 heterocycles. The highest BCUT2D eigenvalue weighted by Crippen LogP contribution is 2.31. The number of benzene rings is 1. The number of morpholine rings is 1. The van der Waals surface area contributed by atoms with Crippen molar-refractivity contribution in [1.29, 1.82) is 0 Å². The van der Waals surface area contributed by atoms with Crippen LogP contribution in [-0.2, 0) is 21.4 Å². The van der Waals surface area contributed by atoms with Gasteiger partial charge in [0.25, 0.3) is 0 Å². The molecule has 22 heavy (non-hydrogen) atoms. The second kappa shape index (κ2) is 6.19. The molecule has 1 saturated heterocycles. The first-order valence-corrected chi connectivity index (χ1v) is 7.29. The molecule has 6 heteroatoms. The number of ether oxygens (including phenoxy) is 1. The van der Waals surface area contributed by atoms with Crippen LogP contribution in [0.3, 0.4) is 0 Å². The van der Waals surface area contributed by atoms with Crippen LogP contribution in [0.25, 0.3) is 10.9 Å². The fourth-order valence-corrected chi connectivity index (χ4v) is 2.85. The predicted octanol–water partition coefficient (Wildman–Crippen LogP) is 1.91. The molecule has 1 aliphatic rings. The third-order valence-corrected chi connectivity index (χ3v) is 3.79. The van der Waals surface area contributed by atoms with E-state index in [1.807, 2.05) is 19.2 Å². The SMILES string of the molecule is CC(=O)ON=Cc1c(N2CCOCC2)n(C)c2ccccc12. The zero-order valence-corrected chi connectivity index (χ0v) is 12.8. The fourth-order valence-electron chi connectivity index (χ4n) is 2.85. The molecule has 116 valence electrons. The molecule has 0 saturated carbocycles. The Balaban J connectivity index is 2.09. The van der Waals surface area contributed by atoms with Crippen LogP contribution in [0.1, 0.15) is 12.5 Å². The minimum Gasteiger partial charge on any atom is -0.378 e. The van der Waals surface area contributed by atoms with Gasteiger partial charge in [-0.2, -0.15) is 0 Å². The Morgan fingerprint density at radius 2 is 2.05 bits per heavy atom. The van der Waals surface area contributed by atoms with Gasteiger partial charge in [0.15, 0.2) is 0 Å². The van der Waals surface area contributed by atoms with Gasteiger partial charge in [-0.1, -0.05) is 23.4 Å². The molecule has 1 aromatic heterocycles. The fraction of sp³-hybridized carbons (Fsp3) is 0.375. The van der Waals surface area contributed by atoms with Crippen LogP contribution in [0.5, 0.6) is 0 Å². The second-order valence-corrected chi connectivity index (χ2v) is 5.23. The largest absolute Gasteiger partial charge is 0.378 e. The summed E-state index contributed by atoms with van der Waals surface area (Å²) in [6.45, 7) is 4.42. The van der Waals surface area contributed by atoms with E-state index in [2.05, 4.69) is 26.8 Å². The van der Waals surface area contributed by atoms with Gasteiger partial charge < -0.3 is 19.0 Å². The molecule has 0 unspecified atom stereocenters. The molecular formula is C16H19N3O3. The maximum Gasteiger partial charge on any atom is 0.331 e. The number of fused-ring (bicyclic) bond motifs is 1. The van der Waals surface area contributed by atoms with Crippen molar-refractivity contribution >= 4 is 28.9 Å². The number of hydrogen-bond donors (Lipinski definition) is 0. The summed E-state index contributed by atoms with van der Waals surface area (Å²) in [7, 11) is 2.04. The number of aromatic nitrogens is 1. The molecule has 0 N–H and O–H groups in total. The number of rotatable bonds is 3. The average Bonchev–Trinajstić information content (AvgIpc) is 2.81. The van der Waals surface area contributed by atoms with E-state index in [9.17, 15) is 4.79 Å². The molecule has 3 rings (SSSR count). The predicted molar refractivity (Wildman–Crippen MR) is 85.3 cm³/mol. The molecule has 0 radical (unpaired) electrons. The smallest absolute Gasteiger partial charge is 0.331 e. The molecule has 0 aliphatic carbocycles. The molecule has 2 aromatic rings. The maximum atomic E-state index is 10.9. The first kappa shape index (κ1) is 14.6. The van der Waals surface area contributed by atoms with Crippen LogP contribution < -0.4 is 4.90 Å². The van der Waals surface area contributed by atoms with Gasteiger partial charge >= 0.3 is 5.97 Å². The van der Waals surface area contributed by atoms with Gasteiger partial charge in [-0.25, -0.2) is 4.79 Å². The number of carbonyl (C=O) groups is 1. The van der Waals surface area contributed by atoms with E-state index in [0.29, 0.717) is 13.2 Å². The molecular weight excluding hydrogens is 282 g/mol. The van der Waals surface area contributed by atoms with Gasteiger partial charge in [-0.05, 0) is 6.07 Å². The minimum absolute atomic E-state index is 0.426. The summed E-state index contributed by atoms with van der Waals surface area (Å²) in [5.41, 5.74) is 2.08. The van der Waals surface area contributed by atoms with E-state index in [1.165, 1.54) is 6.92 Å². The van der Waals surface area contributed by atoms with Crippen molar-refractivity contribution in [3.05, 3.63) is 29.8 Å². The number of para-hydroxylation sites is 1. The summed E-state index contributed by atoms with van der Waals surface area (Å²) in [6, 6.07) is 8.13. The molecule has 1 aliphatic heterocycles. The van der Waals surface area contributed by atoms with E-state index in [1.54, 1.807) is 6.21 Å². The standard InChI is InChI=1S/C16H19N3O3/c1-12(20)22-17-11-14-13-5-3-4-6-15(13)18(2)16(14)19-7-9-21-10-8-19/h3-6,11H,7-10H2,1-2H3. The van der Waals surface area contributed by atoms with Crippen molar-refractivity contribution < 1.29 is 14.4 Å². The summed E-state index contributed by atoms with van der Waals surface area (Å²) in [4.78, 5) is 17.9. The van der Waals surface area contributed by atoms with Gasteiger partial charge in [0, 0.05) is 38.0 Å². The Hall–Kier alpha value is -2.34. The van der Waals surface area contributed by atoms with Crippen LogP contribution in [-0.4, -0.2) is 43.1 Å². The van der Waals surface area contributed by atoms with Crippen molar-refractivity contribution in [1.82, 2.24) is 4.57 Å². The zero-order chi connectivity index (χ0) is 15.5. The minimum atomic E-state index is -0.426. The van der Waals surface area contributed by atoms with Crippen LogP contribution in [0.2, 0.25) is 0 Å². The van der Waals surface area contributed by atoms with E-state index in [4.69, 9.17) is 9.57 Å². The van der Waals surface area contributed by atoms with Crippen molar-refractivity contribution in [3.8, 4) is 0 Å². The lowest BCUT2D eigenvalue weighted by atomic mass is 10.1. The molecule has 1 aromatic carbocycles. The maximum absolute atomic E-state index is 10.9. The van der Waals surface area contributed by atoms with E-state index in [0.717, 1.165) is 35.4 Å². The van der Waals surface area contributed by atoms with Gasteiger partial charge in [0.2, 0.25) is 0 Å². The van der Waals surface area contributed by atoms with E-state index < -0.39 is 5.97 Å². The Bertz CT molecular complexity index is 715. The monoisotopic (exact) mass is 301 g/mol. The van der Waals surface area contributed by atoms with E-state index >= 15 is 0 Å². The Kier molecular flexibility index (Phi) is 4.11. The molecule has 1 fully saturated rings. The molecule has 0 spiro atoms. The van der Waals surface area contributed by atoms with E-state index in [-0.39, 0.29) is 0 Å². The Morgan fingerprint density at radius 1 is 1.32 bits per heavy atom. The normalized spacial score (nSPS) is 15.6. The van der Waals surface area contributed by atoms with Crippen molar-refractivity contribution in [2.75, 3.05) is 31.2 Å². The number of hydrogen-bond acceptors (Lipinski definition) is 5. The number of carbonyl (C=O) groups excluding carboxylic acids is 1. The molecule has 6 nitrogen and oxygen atoms in total. The van der Waals surface area contributed by atoms with Crippen LogP contribution in [0.15, 0.2) is 29.4 Å². The van der Waals surface area contributed by atoms with Crippen LogP contribution in [0, 0.1) is 0 Å². The van der Waals surface area contributed by atoms with Gasteiger partial charge in [0.05, 0.1) is 24.9 Å². The lowest BCUT2D eigenvalue weighted by Gasteiger charge is -2.29. The van der Waals surface area contributed by atoms with Gasteiger partial charge in [0.1, 0.15) is 5.82 Å². The second-order valence-electron chi connectivity index (χ2n) is 5.23. The number of oxime groups is 1. The summed E-state index contributed by atoms with van der Waals surface area (Å²) in [6.07, 6.45) is 1.62. The van der Waals surface area contributed by atoms with Gasteiger partial charge in [-0.15, -0.1) is 0 Å². The summed E-state index contributed by atoms with van der Waals surface area (Å²) in [5.74, 6) is 0.643. The van der Waals surface area contributed by atoms with Crippen molar-refractivity contribution in [3.63, 3.8) is 0 Å². The first-order valence-electron chi connectivity index (χ1n) is 7.29. The third kappa shape index (κ3) is 2.69. The molecule has 0 bridgehead atoms. The molecule has 0 amide bonds. The quantitative estimate of drug-likeness (QED) is 0.494. The Labute approximate surface area is 128 Å². The highest BCUT2D eigenvalue weighted by Gasteiger charge is 2.21. The number of nitrogens with zero attached hydrogens (tertiary/aromatic N) is 3. The number of aryl methyl sites for hydroxylation is 1. The number of anilines is 1. The lowest BCUT2D eigenvalue weighted by Crippen LogP contribution is -2.37. The summed E-state index contributed by atoms with van der Waals surface area (Å²) < 4.78 is 7.58. The van der Waals surface area contributed by atoms with Gasteiger partial charge in [-0.3, -0.25) is 0 Å². The van der Waals surface area contributed by atoms with Crippen LogP contribution >= 0.6 is 0 Å². The lowest BCUT2D eigenvalue weighted by molar-refractivity contribution is -0.140. The van der Waals surface area contributed by atoms with Crippen molar-refractivity contribution in [2.24, 2.45) is 12.2 Å². The summed E-state index contributed by atoms with van der Waals surface area (Å²) >= 11 is 0. The topological polar surface area (TPSA) is 56.1 Å². The first-order chi connectivity index (χ1) is 10.7. The highest BCUT2D eigenvalue weighted by molar-refractivity contribution is 6.05. The third-order valence-electron chi connectivity index (χ3n) is 3.79. The molecule has 0 atom stereocenters. The van der Waals surface area contributed by atoms with Crippen molar-refractivity contribution in [2.45, 2.75) is 6.92 Å². The summed E-state index contributed by atoms with van der Waals surface area (Å²) in [5, 5.41) is 4.90. The average molecular weight is 301 g/mol. The van der Waals surface area contributed by atoms with Crippen LogP contribution in [0.4, 0.5) is 5.82 Å². The highest BCUT2D eigenvalue weighted by atomic mass is 16.7.